The molecule has 0 spiro atoms. The molecule has 0 bridgehead atoms. The number of carbonyl (C=O) groups excluding carboxylic acids is 1. The van der Waals surface area contributed by atoms with E-state index in [0.29, 0.717) is 11.6 Å². The van der Waals surface area contributed by atoms with Crippen LogP contribution in [0.4, 0.5) is 17.3 Å². The maximum atomic E-state index is 11.6. The summed E-state index contributed by atoms with van der Waals surface area (Å²) in [6.07, 6.45) is 0. The van der Waals surface area contributed by atoms with Crippen molar-refractivity contribution >= 4 is 23.2 Å². The molecule has 0 aliphatic heterocycles. The molecular formula is C16H20N4O. The van der Waals surface area contributed by atoms with Crippen LogP contribution in [0, 0.1) is 19.8 Å². The highest BCUT2D eigenvalue weighted by Gasteiger charge is 2.08. The van der Waals surface area contributed by atoms with E-state index in [2.05, 4.69) is 39.0 Å². The fourth-order valence-electron chi connectivity index (χ4n) is 1.74. The van der Waals surface area contributed by atoms with Crippen LogP contribution in [-0.2, 0) is 4.79 Å². The predicted molar refractivity (Wildman–Crippen MR) is 84.7 cm³/mol. The monoisotopic (exact) mass is 284 g/mol. The van der Waals surface area contributed by atoms with Crippen molar-refractivity contribution in [3.05, 3.63) is 41.5 Å². The molecule has 0 atom stereocenters. The van der Waals surface area contributed by atoms with Crippen molar-refractivity contribution in [2.45, 2.75) is 27.7 Å². The van der Waals surface area contributed by atoms with Gasteiger partial charge in [-0.2, -0.15) is 0 Å². The molecule has 0 saturated carbocycles. The number of amides is 1. The fraction of sp³-hybridized carbons (Fsp3) is 0.312. The van der Waals surface area contributed by atoms with Crippen LogP contribution in [0.2, 0.25) is 0 Å². The highest BCUT2D eigenvalue weighted by Crippen LogP contribution is 2.20. The van der Waals surface area contributed by atoms with Crippen molar-refractivity contribution in [2.24, 2.45) is 5.92 Å². The molecule has 1 aromatic carbocycles. The summed E-state index contributed by atoms with van der Waals surface area (Å²) >= 11 is 0. The van der Waals surface area contributed by atoms with Crippen molar-refractivity contribution in [2.75, 3.05) is 10.6 Å². The topological polar surface area (TPSA) is 66.9 Å². The van der Waals surface area contributed by atoms with Crippen LogP contribution in [0.3, 0.4) is 0 Å². The molecule has 110 valence electrons. The maximum Gasteiger partial charge on any atom is 0.228 e. The summed E-state index contributed by atoms with van der Waals surface area (Å²) in [6, 6.07) is 9.72. The van der Waals surface area contributed by atoms with Crippen molar-refractivity contribution in [3.8, 4) is 0 Å². The number of aromatic nitrogens is 2. The molecule has 0 aliphatic carbocycles. The number of aryl methyl sites for hydroxylation is 2. The summed E-state index contributed by atoms with van der Waals surface area (Å²) < 4.78 is 0. The van der Waals surface area contributed by atoms with Gasteiger partial charge in [0.2, 0.25) is 5.91 Å². The summed E-state index contributed by atoms with van der Waals surface area (Å²) in [4.78, 5) is 11.6. The zero-order valence-electron chi connectivity index (χ0n) is 12.8. The second kappa shape index (κ2) is 6.35. The van der Waals surface area contributed by atoms with Crippen LogP contribution in [0.25, 0.3) is 0 Å². The van der Waals surface area contributed by atoms with E-state index in [1.807, 2.05) is 27.7 Å². The van der Waals surface area contributed by atoms with Gasteiger partial charge in [-0.05, 0) is 43.2 Å². The molecule has 2 rings (SSSR count). The second-order valence-corrected chi connectivity index (χ2v) is 5.39. The van der Waals surface area contributed by atoms with Gasteiger partial charge in [0, 0.05) is 11.6 Å². The number of rotatable bonds is 4. The lowest BCUT2D eigenvalue weighted by molar-refractivity contribution is -0.118. The van der Waals surface area contributed by atoms with Gasteiger partial charge in [-0.15, -0.1) is 10.2 Å². The van der Waals surface area contributed by atoms with Crippen molar-refractivity contribution in [1.29, 1.82) is 0 Å². The van der Waals surface area contributed by atoms with Crippen molar-refractivity contribution in [3.63, 3.8) is 0 Å². The SMILES string of the molecule is Cc1ccc(C)c(Nc2ccc(NC(=O)C(C)C)nn2)c1. The number of anilines is 3. The van der Waals surface area contributed by atoms with Crippen LogP contribution in [0.5, 0.6) is 0 Å². The molecule has 21 heavy (non-hydrogen) atoms. The molecule has 1 amide bonds. The molecule has 0 unspecified atom stereocenters. The van der Waals surface area contributed by atoms with E-state index in [9.17, 15) is 4.79 Å². The fourth-order valence-corrected chi connectivity index (χ4v) is 1.74. The van der Waals surface area contributed by atoms with Crippen molar-refractivity contribution in [1.82, 2.24) is 10.2 Å². The Bertz CT molecular complexity index is 635. The van der Waals surface area contributed by atoms with Gasteiger partial charge in [-0.3, -0.25) is 4.79 Å². The average Bonchev–Trinajstić information content (AvgIpc) is 2.45. The Morgan fingerprint density at radius 1 is 1.05 bits per heavy atom. The Balaban J connectivity index is 2.09. The molecule has 1 heterocycles. The van der Waals surface area contributed by atoms with Gasteiger partial charge < -0.3 is 10.6 Å². The lowest BCUT2D eigenvalue weighted by atomic mass is 10.1. The van der Waals surface area contributed by atoms with Gasteiger partial charge >= 0.3 is 0 Å². The summed E-state index contributed by atoms with van der Waals surface area (Å²) in [5, 5.41) is 14.0. The maximum absolute atomic E-state index is 11.6. The van der Waals surface area contributed by atoms with Gasteiger partial charge in [0.05, 0.1) is 0 Å². The molecule has 1 aromatic heterocycles. The first kappa shape index (κ1) is 15.0. The van der Waals surface area contributed by atoms with Crippen LogP contribution in [0.1, 0.15) is 25.0 Å². The molecule has 2 N–H and O–H groups in total. The third-order valence-corrected chi connectivity index (χ3v) is 3.10. The molecule has 0 aliphatic rings. The molecule has 0 radical (unpaired) electrons. The van der Waals surface area contributed by atoms with E-state index < -0.39 is 0 Å². The predicted octanol–water partition coefficient (Wildman–Crippen LogP) is 3.43. The Hall–Kier alpha value is -2.43. The van der Waals surface area contributed by atoms with Gasteiger partial charge in [0.15, 0.2) is 11.6 Å². The smallest absolute Gasteiger partial charge is 0.228 e. The van der Waals surface area contributed by atoms with E-state index in [0.717, 1.165) is 11.3 Å². The Morgan fingerprint density at radius 3 is 2.33 bits per heavy atom. The van der Waals surface area contributed by atoms with E-state index in [-0.39, 0.29) is 11.8 Å². The van der Waals surface area contributed by atoms with Crippen molar-refractivity contribution < 1.29 is 4.79 Å². The minimum absolute atomic E-state index is 0.0699. The molecule has 0 fully saturated rings. The normalized spacial score (nSPS) is 10.5. The first-order valence-corrected chi connectivity index (χ1v) is 6.94. The quantitative estimate of drug-likeness (QED) is 0.902. The standard InChI is InChI=1S/C16H20N4O/c1-10(2)16(21)18-15-8-7-14(19-20-15)17-13-9-11(3)5-6-12(13)4/h5-10H,1-4H3,(H,17,19)(H,18,20,21). The number of benzene rings is 1. The summed E-state index contributed by atoms with van der Waals surface area (Å²) in [5.41, 5.74) is 3.32. The zero-order valence-corrected chi connectivity index (χ0v) is 12.8. The third-order valence-electron chi connectivity index (χ3n) is 3.10. The minimum atomic E-state index is -0.0838. The lowest BCUT2D eigenvalue weighted by Gasteiger charge is -2.10. The number of hydrogen-bond donors (Lipinski definition) is 2. The Morgan fingerprint density at radius 2 is 1.71 bits per heavy atom. The molecule has 5 nitrogen and oxygen atoms in total. The first-order chi connectivity index (χ1) is 9.95. The number of nitrogens with one attached hydrogen (secondary N) is 2. The third kappa shape index (κ3) is 4.02. The van der Waals surface area contributed by atoms with E-state index in [4.69, 9.17) is 0 Å². The van der Waals surface area contributed by atoms with E-state index >= 15 is 0 Å². The number of nitrogens with zero attached hydrogens (tertiary/aromatic N) is 2. The molecule has 5 heteroatoms. The van der Waals surface area contributed by atoms with Gasteiger partial charge in [-0.25, -0.2) is 0 Å². The molecule has 2 aromatic rings. The minimum Gasteiger partial charge on any atom is -0.339 e. The summed E-state index contributed by atoms with van der Waals surface area (Å²) in [7, 11) is 0. The summed E-state index contributed by atoms with van der Waals surface area (Å²) in [6.45, 7) is 7.74. The van der Waals surface area contributed by atoms with Gasteiger partial charge in [-0.1, -0.05) is 26.0 Å². The highest BCUT2D eigenvalue weighted by atomic mass is 16.1. The van der Waals surface area contributed by atoms with Crippen LogP contribution >= 0.6 is 0 Å². The average molecular weight is 284 g/mol. The van der Waals surface area contributed by atoms with Crippen LogP contribution in [-0.4, -0.2) is 16.1 Å². The highest BCUT2D eigenvalue weighted by molar-refractivity contribution is 5.91. The van der Waals surface area contributed by atoms with Crippen LogP contribution < -0.4 is 10.6 Å². The largest absolute Gasteiger partial charge is 0.339 e. The van der Waals surface area contributed by atoms with Gasteiger partial charge in [0.1, 0.15) is 0 Å². The Labute approximate surface area is 124 Å². The second-order valence-electron chi connectivity index (χ2n) is 5.39. The Kier molecular flexibility index (Phi) is 4.52. The molecule has 0 saturated heterocycles. The molecular weight excluding hydrogens is 264 g/mol. The number of hydrogen-bond acceptors (Lipinski definition) is 4. The zero-order chi connectivity index (χ0) is 15.4. The summed E-state index contributed by atoms with van der Waals surface area (Å²) in [5.74, 6) is 0.950. The van der Waals surface area contributed by atoms with Gasteiger partial charge in [0.25, 0.3) is 0 Å². The van der Waals surface area contributed by atoms with Crippen LogP contribution in [0.15, 0.2) is 30.3 Å². The van der Waals surface area contributed by atoms with E-state index in [1.165, 1.54) is 5.56 Å². The van der Waals surface area contributed by atoms with E-state index in [1.54, 1.807) is 12.1 Å². The number of carbonyl (C=O) groups is 1. The first-order valence-electron chi connectivity index (χ1n) is 6.94. The lowest BCUT2D eigenvalue weighted by Crippen LogP contribution is -2.18.